The van der Waals surface area contributed by atoms with Crippen molar-refractivity contribution in [3.8, 4) is 0 Å². The zero-order chi connectivity index (χ0) is 8.55. The normalized spacial score (nSPS) is 39.9. The van der Waals surface area contributed by atoms with Crippen LogP contribution in [0.3, 0.4) is 0 Å². The predicted molar refractivity (Wildman–Crippen MR) is 43.6 cm³/mol. The maximum Gasteiger partial charge on any atom is 0.166 e. The van der Waals surface area contributed by atoms with Gasteiger partial charge in [-0.1, -0.05) is 0 Å². The molecule has 2 nitrogen and oxygen atoms in total. The van der Waals surface area contributed by atoms with Crippen LogP contribution in [-0.4, -0.2) is 25.5 Å². The van der Waals surface area contributed by atoms with E-state index in [1.807, 2.05) is 0 Å². The van der Waals surface area contributed by atoms with E-state index < -0.39 is 6.67 Å². The highest BCUT2D eigenvalue weighted by Gasteiger charge is 2.39. The second-order valence-corrected chi connectivity index (χ2v) is 3.95. The maximum atomic E-state index is 12.0. The van der Waals surface area contributed by atoms with Crippen molar-refractivity contribution < 1.29 is 9.18 Å². The lowest BCUT2D eigenvalue weighted by atomic mass is 10.0. The SMILES string of the molecule is O=C(CF)C1CC2CNCC2C1. The molecule has 3 heteroatoms. The van der Waals surface area contributed by atoms with E-state index in [4.69, 9.17) is 0 Å². The van der Waals surface area contributed by atoms with Crippen LogP contribution in [0.2, 0.25) is 0 Å². The standard InChI is InChI=1S/C9H14FNO/c10-3-9(12)6-1-7-4-11-5-8(7)2-6/h6-8,11H,1-5H2. The van der Waals surface area contributed by atoms with Crippen molar-refractivity contribution in [1.82, 2.24) is 5.32 Å². The molecule has 68 valence electrons. The first-order valence-electron chi connectivity index (χ1n) is 4.60. The third kappa shape index (κ3) is 1.26. The largest absolute Gasteiger partial charge is 0.316 e. The number of nitrogens with one attached hydrogen (secondary N) is 1. The van der Waals surface area contributed by atoms with Crippen LogP contribution in [-0.2, 0) is 4.79 Å². The third-order valence-corrected chi connectivity index (χ3v) is 3.24. The lowest BCUT2D eigenvalue weighted by Gasteiger charge is -2.06. The Morgan fingerprint density at radius 1 is 1.33 bits per heavy atom. The van der Waals surface area contributed by atoms with Crippen LogP contribution >= 0.6 is 0 Å². The van der Waals surface area contributed by atoms with E-state index >= 15 is 0 Å². The zero-order valence-corrected chi connectivity index (χ0v) is 7.05. The number of rotatable bonds is 2. The summed E-state index contributed by atoms with van der Waals surface area (Å²) in [6.07, 6.45) is 1.83. The third-order valence-electron chi connectivity index (χ3n) is 3.24. The Kier molecular flexibility index (Phi) is 2.13. The minimum atomic E-state index is -0.766. The van der Waals surface area contributed by atoms with Gasteiger partial charge in [0.2, 0.25) is 0 Å². The molecule has 1 aliphatic carbocycles. The summed E-state index contributed by atoms with van der Waals surface area (Å²) < 4.78 is 12.0. The zero-order valence-electron chi connectivity index (χ0n) is 7.05. The van der Waals surface area contributed by atoms with Crippen molar-refractivity contribution in [2.75, 3.05) is 19.8 Å². The molecule has 0 spiro atoms. The first-order valence-corrected chi connectivity index (χ1v) is 4.60. The highest BCUT2D eigenvalue weighted by molar-refractivity contribution is 5.82. The number of fused-ring (bicyclic) bond motifs is 1. The van der Waals surface area contributed by atoms with Gasteiger partial charge in [-0.15, -0.1) is 0 Å². The smallest absolute Gasteiger partial charge is 0.166 e. The minimum absolute atomic E-state index is 0.0344. The summed E-state index contributed by atoms with van der Waals surface area (Å²) >= 11 is 0. The average molecular weight is 171 g/mol. The van der Waals surface area contributed by atoms with Gasteiger partial charge in [-0.05, 0) is 37.8 Å². The Labute approximate surface area is 71.5 Å². The van der Waals surface area contributed by atoms with Crippen LogP contribution in [0.4, 0.5) is 4.39 Å². The van der Waals surface area contributed by atoms with Crippen LogP contribution in [0, 0.1) is 17.8 Å². The summed E-state index contributed by atoms with van der Waals surface area (Å²) in [5, 5.41) is 3.30. The van der Waals surface area contributed by atoms with E-state index in [0.717, 1.165) is 25.9 Å². The van der Waals surface area contributed by atoms with Gasteiger partial charge in [0.15, 0.2) is 5.78 Å². The van der Waals surface area contributed by atoms with Crippen LogP contribution in [0.25, 0.3) is 0 Å². The van der Waals surface area contributed by atoms with Gasteiger partial charge in [0.25, 0.3) is 0 Å². The summed E-state index contributed by atoms with van der Waals surface area (Å²) in [6.45, 7) is 1.29. The lowest BCUT2D eigenvalue weighted by molar-refractivity contribution is -0.123. The monoisotopic (exact) mass is 171 g/mol. The van der Waals surface area contributed by atoms with E-state index in [1.165, 1.54) is 0 Å². The van der Waals surface area contributed by atoms with Crippen molar-refractivity contribution >= 4 is 5.78 Å². The quantitative estimate of drug-likeness (QED) is 0.665. The molecule has 0 amide bonds. The summed E-state index contributed by atoms with van der Waals surface area (Å²) in [4.78, 5) is 11.0. The molecule has 2 fully saturated rings. The Bertz CT molecular complexity index is 183. The molecule has 0 radical (unpaired) electrons. The molecule has 1 aliphatic heterocycles. The van der Waals surface area contributed by atoms with Gasteiger partial charge < -0.3 is 5.32 Å². The molecule has 0 aromatic carbocycles. The number of alkyl halides is 1. The first-order chi connectivity index (χ1) is 5.81. The molecule has 2 aliphatic rings. The molecular formula is C9H14FNO. The van der Waals surface area contributed by atoms with Gasteiger partial charge in [-0.2, -0.15) is 0 Å². The van der Waals surface area contributed by atoms with Crippen LogP contribution < -0.4 is 5.32 Å². The summed E-state index contributed by atoms with van der Waals surface area (Å²) in [6, 6.07) is 0. The Balaban J connectivity index is 1.94. The van der Waals surface area contributed by atoms with Crippen molar-refractivity contribution in [2.45, 2.75) is 12.8 Å². The van der Waals surface area contributed by atoms with E-state index in [9.17, 15) is 9.18 Å². The second kappa shape index (κ2) is 3.13. The summed E-state index contributed by atoms with van der Waals surface area (Å²) in [5.74, 6) is 1.15. The van der Waals surface area contributed by atoms with E-state index in [2.05, 4.69) is 5.32 Å². The number of halogens is 1. The fraction of sp³-hybridized carbons (Fsp3) is 0.889. The summed E-state index contributed by atoms with van der Waals surface area (Å²) in [5.41, 5.74) is 0. The van der Waals surface area contributed by atoms with Gasteiger partial charge in [-0.3, -0.25) is 4.79 Å². The van der Waals surface area contributed by atoms with E-state index in [-0.39, 0.29) is 11.7 Å². The molecule has 0 bridgehead atoms. The predicted octanol–water partition coefficient (Wildman–Crippen LogP) is 0.771. The van der Waals surface area contributed by atoms with Crippen molar-refractivity contribution in [2.24, 2.45) is 17.8 Å². The lowest BCUT2D eigenvalue weighted by Crippen LogP contribution is -2.18. The molecule has 2 rings (SSSR count). The molecular weight excluding hydrogens is 157 g/mol. The molecule has 1 heterocycles. The second-order valence-electron chi connectivity index (χ2n) is 3.95. The van der Waals surface area contributed by atoms with Gasteiger partial charge in [-0.25, -0.2) is 4.39 Å². The van der Waals surface area contributed by atoms with Crippen molar-refractivity contribution in [3.63, 3.8) is 0 Å². The average Bonchev–Trinajstić information content (AvgIpc) is 2.60. The minimum Gasteiger partial charge on any atom is -0.316 e. The number of carbonyl (C=O) groups is 1. The Morgan fingerprint density at radius 3 is 2.42 bits per heavy atom. The highest BCUT2D eigenvalue weighted by Crippen LogP contribution is 2.38. The molecule has 0 aromatic rings. The molecule has 12 heavy (non-hydrogen) atoms. The number of Topliss-reactive ketones (excluding diaryl/α,β-unsaturated/α-hetero) is 1. The number of hydrogen-bond donors (Lipinski definition) is 1. The van der Waals surface area contributed by atoms with Crippen molar-refractivity contribution in [3.05, 3.63) is 0 Å². The molecule has 0 aromatic heterocycles. The maximum absolute atomic E-state index is 12.0. The van der Waals surface area contributed by atoms with Crippen molar-refractivity contribution in [1.29, 1.82) is 0 Å². The fourth-order valence-electron chi connectivity index (χ4n) is 2.54. The summed E-state index contributed by atoms with van der Waals surface area (Å²) in [7, 11) is 0. The van der Waals surface area contributed by atoms with Gasteiger partial charge >= 0.3 is 0 Å². The number of hydrogen-bond acceptors (Lipinski definition) is 2. The highest BCUT2D eigenvalue weighted by atomic mass is 19.1. The molecule has 2 atom stereocenters. The molecule has 1 saturated heterocycles. The molecule has 1 saturated carbocycles. The van der Waals surface area contributed by atoms with Crippen LogP contribution in [0.5, 0.6) is 0 Å². The number of ketones is 1. The number of carbonyl (C=O) groups excluding carboxylic acids is 1. The topological polar surface area (TPSA) is 29.1 Å². The first kappa shape index (κ1) is 8.17. The van der Waals surface area contributed by atoms with Crippen LogP contribution in [0.15, 0.2) is 0 Å². The van der Waals surface area contributed by atoms with Gasteiger partial charge in [0.1, 0.15) is 6.67 Å². The molecule has 2 unspecified atom stereocenters. The van der Waals surface area contributed by atoms with E-state index in [1.54, 1.807) is 0 Å². The van der Waals surface area contributed by atoms with Crippen LogP contribution in [0.1, 0.15) is 12.8 Å². The Morgan fingerprint density at radius 2 is 1.92 bits per heavy atom. The van der Waals surface area contributed by atoms with E-state index in [0.29, 0.717) is 11.8 Å². The molecule has 1 N–H and O–H groups in total. The van der Waals surface area contributed by atoms with Gasteiger partial charge in [0.05, 0.1) is 0 Å². The fourth-order valence-corrected chi connectivity index (χ4v) is 2.54. The van der Waals surface area contributed by atoms with Gasteiger partial charge in [0, 0.05) is 5.92 Å². The Hall–Kier alpha value is -0.440.